The van der Waals surface area contributed by atoms with Crippen LogP contribution in [0.25, 0.3) is 0 Å². The highest BCUT2D eigenvalue weighted by Gasteiger charge is 2.65. The van der Waals surface area contributed by atoms with E-state index in [0.717, 1.165) is 18.3 Å². The molecule has 1 heterocycles. The van der Waals surface area contributed by atoms with Crippen molar-refractivity contribution in [2.45, 2.75) is 4.90 Å². The third kappa shape index (κ3) is 4.20. The second-order valence-electron chi connectivity index (χ2n) is 4.28. The van der Waals surface area contributed by atoms with E-state index in [1.54, 1.807) is 0 Å². The van der Waals surface area contributed by atoms with Crippen LogP contribution in [0.5, 0.6) is 11.6 Å². The average Bonchev–Trinajstić information content (AvgIpc) is 2.39. The Morgan fingerprint density at radius 1 is 1.13 bits per heavy atom. The van der Waals surface area contributed by atoms with Crippen LogP contribution in [-0.4, -0.2) is 9.91 Å². The van der Waals surface area contributed by atoms with Crippen LogP contribution in [0.4, 0.5) is 25.1 Å². The van der Waals surface area contributed by atoms with Crippen molar-refractivity contribution in [3.8, 4) is 11.6 Å². The number of benzene rings is 1. The Hall–Kier alpha value is -2.14. The van der Waals surface area contributed by atoms with Gasteiger partial charge in [0.25, 0.3) is 5.69 Å². The summed E-state index contributed by atoms with van der Waals surface area (Å²) < 4.78 is 68.2. The maximum atomic E-state index is 12.6. The number of aromatic nitrogens is 1. The van der Waals surface area contributed by atoms with E-state index in [0.29, 0.717) is 6.07 Å². The van der Waals surface area contributed by atoms with Crippen molar-refractivity contribution in [2.24, 2.45) is 0 Å². The Labute approximate surface area is 130 Å². The van der Waals surface area contributed by atoms with Crippen molar-refractivity contribution in [1.82, 2.24) is 4.98 Å². The molecular weight excluding hydrogens is 371 g/mol. The van der Waals surface area contributed by atoms with E-state index in [9.17, 15) is 29.5 Å². The molecule has 0 spiro atoms. The zero-order chi connectivity index (χ0) is 17.5. The van der Waals surface area contributed by atoms with Crippen LogP contribution >= 0.6 is 21.8 Å². The molecule has 0 saturated heterocycles. The summed E-state index contributed by atoms with van der Waals surface area (Å²) in [4.78, 5) is 11.1. The predicted octanol–water partition coefficient (Wildman–Crippen LogP) is 6.09. The fourth-order valence-corrected chi connectivity index (χ4v) is 2.41. The lowest BCUT2D eigenvalue weighted by molar-refractivity contribution is -0.385. The Balaban J connectivity index is 2.31. The Morgan fingerprint density at radius 3 is 2.22 bits per heavy atom. The summed E-state index contributed by atoms with van der Waals surface area (Å²) in [7, 11) is -9.84. The van der Waals surface area contributed by atoms with Crippen molar-refractivity contribution in [3.63, 3.8) is 0 Å². The highest BCUT2D eigenvalue weighted by molar-refractivity contribution is 8.45. The molecule has 23 heavy (non-hydrogen) atoms. The van der Waals surface area contributed by atoms with Crippen molar-refractivity contribution < 1.29 is 29.1 Å². The molecule has 0 bridgehead atoms. The van der Waals surface area contributed by atoms with E-state index in [1.807, 2.05) is 0 Å². The lowest BCUT2D eigenvalue weighted by Crippen LogP contribution is -2.06. The van der Waals surface area contributed by atoms with Gasteiger partial charge in [-0.1, -0.05) is 31.0 Å². The summed E-state index contributed by atoms with van der Waals surface area (Å²) in [5, 5.41) is 9.73. The molecule has 0 aliphatic heterocycles. The van der Waals surface area contributed by atoms with Gasteiger partial charge in [0.2, 0.25) is 5.88 Å². The molecule has 1 aromatic carbocycles. The molecule has 2 rings (SSSR count). The number of halogens is 6. The van der Waals surface area contributed by atoms with Gasteiger partial charge in [0, 0.05) is 12.1 Å². The van der Waals surface area contributed by atoms with Gasteiger partial charge in [-0.15, -0.1) is 0 Å². The standard InChI is InChI=1S/C11H6ClF5N2O3S/c12-9-5-8(23(13,14,15,16)17)2-3-10(9)22-11-4-1-7(6-18-11)19(20)21/h1-6H. The first-order valence-corrected chi connectivity index (χ1v) is 7.91. The van der Waals surface area contributed by atoms with Crippen molar-refractivity contribution in [1.29, 1.82) is 0 Å². The fourth-order valence-electron chi connectivity index (χ4n) is 1.46. The van der Waals surface area contributed by atoms with Gasteiger partial charge in [0.15, 0.2) is 0 Å². The molecule has 0 aliphatic rings. The molecule has 5 nitrogen and oxygen atoms in total. The van der Waals surface area contributed by atoms with Crippen LogP contribution in [0.15, 0.2) is 41.4 Å². The van der Waals surface area contributed by atoms with Gasteiger partial charge in [-0.2, -0.15) is 0 Å². The molecular formula is C11H6ClF5N2O3S. The highest BCUT2D eigenvalue weighted by atomic mass is 35.5. The third-order valence-electron chi connectivity index (χ3n) is 2.49. The zero-order valence-electron chi connectivity index (χ0n) is 10.8. The van der Waals surface area contributed by atoms with Gasteiger partial charge in [-0.05, 0) is 18.2 Å². The van der Waals surface area contributed by atoms with Gasteiger partial charge in [-0.3, -0.25) is 10.1 Å². The molecule has 1 aromatic heterocycles. The molecule has 12 heteroatoms. The van der Waals surface area contributed by atoms with Crippen LogP contribution in [0, 0.1) is 10.1 Å². The van der Waals surface area contributed by atoms with Crippen molar-refractivity contribution >= 4 is 27.5 Å². The van der Waals surface area contributed by atoms with Crippen LogP contribution in [0.3, 0.4) is 0 Å². The predicted molar refractivity (Wildman–Crippen MR) is 73.8 cm³/mol. The van der Waals surface area contributed by atoms with Crippen LogP contribution in [0.1, 0.15) is 0 Å². The smallest absolute Gasteiger partial charge is 0.310 e. The van der Waals surface area contributed by atoms with E-state index in [4.69, 9.17) is 16.3 Å². The highest BCUT2D eigenvalue weighted by Crippen LogP contribution is 3.02. The minimum absolute atomic E-state index is 0.0455. The van der Waals surface area contributed by atoms with Gasteiger partial charge in [-0.25, -0.2) is 4.98 Å². The maximum Gasteiger partial charge on any atom is 0.310 e. The number of ether oxygens (including phenoxy) is 1. The second-order valence-corrected chi connectivity index (χ2v) is 7.09. The topological polar surface area (TPSA) is 65.3 Å². The first kappa shape index (κ1) is 17.2. The molecule has 2 aromatic rings. The summed E-state index contributed by atoms with van der Waals surface area (Å²) in [6.45, 7) is 0. The average molecular weight is 377 g/mol. The summed E-state index contributed by atoms with van der Waals surface area (Å²) >= 11 is 5.52. The quantitative estimate of drug-likeness (QED) is 0.368. The molecule has 0 saturated carbocycles. The van der Waals surface area contributed by atoms with Crippen molar-refractivity contribution in [3.05, 3.63) is 51.7 Å². The third-order valence-corrected chi connectivity index (χ3v) is 3.94. The summed E-state index contributed by atoms with van der Waals surface area (Å²) in [6.07, 6.45) is 0.853. The molecule has 0 unspecified atom stereocenters. The number of nitrogens with zero attached hydrogens (tertiary/aromatic N) is 2. The second kappa shape index (κ2) is 4.68. The molecule has 0 atom stereocenters. The van der Waals surface area contributed by atoms with Crippen molar-refractivity contribution in [2.75, 3.05) is 0 Å². The Bertz CT molecular complexity index is 783. The minimum atomic E-state index is -9.84. The van der Waals surface area contributed by atoms with Gasteiger partial charge in [0.05, 0.1) is 9.95 Å². The Kier molecular flexibility index (Phi) is 3.50. The van der Waals surface area contributed by atoms with Gasteiger partial charge < -0.3 is 4.74 Å². The summed E-state index contributed by atoms with van der Waals surface area (Å²) in [5.41, 5.74) is -0.334. The van der Waals surface area contributed by atoms with Crippen LogP contribution in [0.2, 0.25) is 5.02 Å². The summed E-state index contributed by atoms with van der Waals surface area (Å²) in [5.74, 6) is -0.573. The van der Waals surface area contributed by atoms with Crippen LogP contribution in [-0.2, 0) is 0 Å². The zero-order valence-corrected chi connectivity index (χ0v) is 12.3. The SMILES string of the molecule is O=[N+]([O-])c1ccc(Oc2ccc(S(F)(F)(F)(F)F)cc2Cl)nc1. The first-order valence-electron chi connectivity index (χ1n) is 5.58. The lowest BCUT2D eigenvalue weighted by atomic mass is 10.3. The molecule has 0 N–H and O–H groups in total. The van der Waals surface area contributed by atoms with Gasteiger partial charge in [0.1, 0.15) is 16.8 Å². The fraction of sp³-hybridized carbons (Fsp3) is 0. The molecule has 0 radical (unpaired) electrons. The first-order chi connectivity index (χ1) is 10.3. The number of hydrogen-bond acceptors (Lipinski definition) is 4. The molecule has 126 valence electrons. The van der Waals surface area contributed by atoms with E-state index in [1.165, 1.54) is 0 Å². The van der Waals surface area contributed by atoms with Gasteiger partial charge >= 0.3 is 10.2 Å². The normalized spacial score (nSPS) is 14.7. The summed E-state index contributed by atoms with van der Waals surface area (Å²) in [6, 6.07) is 2.91. The Morgan fingerprint density at radius 2 is 1.78 bits per heavy atom. The number of pyridine rings is 1. The number of rotatable bonds is 4. The van der Waals surface area contributed by atoms with E-state index in [2.05, 4.69) is 4.98 Å². The lowest BCUT2D eigenvalue weighted by Gasteiger charge is -2.40. The van der Waals surface area contributed by atoms with Crippen LogP contribution < -0.4 is 4.74 Å². The van der Waals surface area contributed by atoms with E-state index >= 15 is 0 Å². The largest absolute Gasteiger partial charge is 0.437 e. The van der Waals surface area contributed by atoms with E-state index in [-0.39, 0.29) is 29.4 Å². The molecule has 0 fully saturated rings. The number of hydrogen-bond donors (Lipinski definition) is 0. The minimum Gasteiger partial charge on any atom is -0.437 e. The molecule has 0 aliphatic carbocycles. The maximum absolute atomic E-state index is 12.6. The monoisotopic (exact) mass is 376 g/mol. The van der Waals surface area contributed by atoms with E-state index < -0.39 is 25.1 Å². The molecule has 0 amide bonds. The number of nitro groups is 1.